The Bertz CT molecular complexity index is 1980. The third kappa shape index (κ3) is 2.92. The lowest BCUT2D eigenvalue weighted by molar-refractivity contribution is 0.0589. The third-order valence-corrected chi connectivity index (χ3v) is 8.55. The zero-order valence-corrected chi connectivity index (χ0v) is 23.0. The van der Waals surface area contributed by atoms with E-state index in [2.05, 4.69) is 0 Å². The Hall–Kier alpha value is -4.81. The Morgan fingerprint density at radius 1 is 0.409 bits per heavy atom. The van der Waals surface area contributed by atoms with Gasteiger partial charge in [0.2, 0.25) is 0 Å². The summed E-state index contributed by atoms with van der Waals surface area (Å²) < 4.78 is 112. The van der Waals surface area contributed by atoms with Gasteiger partial charge in [-0.25, -0.2) is 30.7 Å². The second-order valence-corrected chi connectivity index (χ2v) is 10.8. The highest BCUT2D eigenvalue weighted by Crippen LogP contribution is 2.52. The first-order valence-corrected chi connectivity index (χ1v) is 13.6. The third-order valence-electron chi connectivity index (χ3n) is 8.55. The summed E-state index contributed by atoms with van der Waals surface area (Å²) in [7, 11) is 0. The monoisotopic (exact) mass is 614 g/mol. The quantitative estimate of drug-likeness (QED) is 0.0943. The van der Waals surface area contributed by atoms with Crippen LogP contribution in [0.15, 0.2) is 0 Å². The fourth-order valence-electron chi connectivity index (χ4n) is 6.80. The van der Waals surface area contributed by atoms with Crippen LogP contribution in [0.2, 0.25) is 0 Å². The van der Waals surface area contributed by atoms with Crippen LogP contribution in [0.1, 0.15) is 73.7 Å². The number of halogens is 7. The first-order chi connectivity index (χ1) is 20.8. The van der Waals surface area contributed by atoms with Crippen molar-refractivity contribution >= 4 is 66.7 Å². The van der Waals surface area contributed by atoms with E-state index in [1.807, 2.05) is 0 Å². The average molecular weight is 614 g/mol. The molecule has 0 aliphatic carbocycles. The van der Waals surface area contributed by atoms with E-state index in [1.165, 1.54) is 6.92 Å². The molecule has 13 heteroatoms. The minimum Gasteiger partial charge on any atom is -0.274 e. The molecular weight excluding hydrogens is 597 g/mol. The van der Waals surface area contributed by atoms with Crippen molar-refractivity contribution in [1.82, 2.24) is 9.80 Å². The molecule has 5 aromatic carbocycles. The van der Waals surface area contributed by atoms with E-state index in [9.17, 15) is 19.2 Å². The van der Waals surface area contributed by atoms with Crippen molar-refractivity contribution in [2.45, 2.75) is 33.6 Å². The summed E-state index contributed by atoms with van der Waals surface area (Å²) in [4.78, 5) is 54.3. The average Bonchev–Trinajstić information content (AvgIpc) is 2.98. The van der Waals surface area contributed by atoms with Gasteiger partial charge in [0.25, 0.3) is 23.6 Å². The van der Waals surface area contributed by atoms with E-state index in [0.717, 1.165) is 6.92 Å². The minimum absolute atomic E-state index is 0.114. The molecule has 5 aromatic rings. The number of benzene rings is 5. The van der Waals surface area contributed by atoms with Crippen LogP contribution in [0.25, 0.3) is 43.1 Å². The van der Waals surface area contributed by atoms with Gasteiger partial charge < -0.3 is 0 Å². The van der Waals surface area contributed by atoms with Crippen LogP contribution in [-0.2, 0) is 0 Å². The molecule has 4 amide bonds. The van der Waals surface area contributed by atoms with E-state index in [-0.39, 0.29) is 25.9 Å². The lowest BCUT2D eigenvalue weighted by Crippen LogP contribution is -2.42. The number of carbonyl (C=O) groups excluding carboxylic acids is 4. The molecule has 0 unspecified atom stereocenters. The van der Waals surface area contributed by atoms with Gasteiger partial charge in [0.05, 0.1) is 22.3 Å². The Morgan fingerprint density at radius 3 is 1.05 bits per heavy atom. The maximum Gasteiger partial charge on any atom is 0.264 e. The van der Waals surface area contributed by atoms with Gasteiger partial charge in [0.15, 0.2) is 34.9 Å². The van der Waals surface area contributed by atoms with Gasteiger partial charge >= 0.3 is 0 Å². The highest BCUT2D eigenvalue weighted by Gasteiger charge is 2.45. The highest BCUT2D eigenvalue weighted by atomic mass is 19.2. The number of amides is 4. The number of rotatable bonds is 4. The van der Waals surface area contributed by atoms with Crippen molar-refractivity contribution in [3.8, 4) is 0 Å². The zero-order chi connectivity index (χ0) is 31.8. The van der Waals surface area contributed by atoms with E-state index < -0.39 is 135 Å². The summed E-state index contributed by atoms with van der Waals surface area (Å²) in [5.74, 6) is -18.2. The minimum atomic E-state index is -1.99. The first kappa shape index (κ1) is 28.0. The lowest BCUT2D eigenvalue weighted by atomic mass is 9.79. The second kappa shape index (κ2) is 8.87. The fraction of sp³-hybridized carbons (Fsp3) is 0.226. The van der Waals surface area contributed by atoms with Crippen molar-refractivity contribution in [3.63, 3.8) is 0 Å². The van der Waals surface area contributed by atoms with Gasteiger partial charge in [-0.15, -0.1) is 0 Å². The second-order valence-electron chi connectivity index (χ2n) is 10.8. The van der Waals surface area contributed by atoms with Crippen molar-refractivity contribution < 1.29 is 49.9 Å². The van der Waals surface area contributed by atoms with E-state index in [0.29, 0.717) is 9.80 Å². The van der Waals surface area contributed by atoms with Crippen LogP contribution in [0.5, 0.6) is 0 Å². The Balaban J connectivity index is 1.86. The summed E-state index contributed by atoms with van der Waals surface area (Å²) in [6, 6.07) is 0. The van der Waals surface area contributed by atoms with Crippen molar-refractivity contribution in [2.75, 3.05) is 13.1 Å². The SMILES string of the molecule is CCCN1C(=O)c2c(C)c(F)c3c4c(F)c(F)c5c6c(c(F)c(F)c(c7c(F)c(F)c(c2c37)C1=O)c64)C(=O)N(CCC)C5=O. The molecule has 6 nitrogen and oxygen atoms in total. The molecule has 2 aliphatic rings. The summed E-state index contributed by atoms with van der Waals surface area (Å²) in [5.41, 5.74) is -4.50. The molecule has 0 radical (unpaired) electrons. The Labute approximate surface area is 241 Å². The molecule has 2 aliphatic heterocycles. The van der Waals surface area contributed by atoms with Crippen molar-refractivity contribution in [1.29, 1.82) is 0 Å². The number of fused-ring (bicyclic) bond motifs is 2. The molecule has 0 spiro atoms. The lowest BCUT2D eigenvalue weighted by Gasteiger charge is -2.32. The molecule has 0 atom stereocenters. The molecule has 224 valence electrons. The van der Waals surface area contributed by atoms with Crippen molar-refractivity contribution in [2.24, 2.45) is 0 Å². The van der Waals surface area contributed by atoms with Crippen molar-refractivity contribution in [3.05, 3.63) is 68.5 Å². The Kier molecular flexibility index (Phi) is 5.64. The first-order valence-electron chi connectivity index (χ1n) is 13.6. The number of carbonyl (C=O) groups is 4. The number of hydrogen-bond donors (Lipinski definition) is 0. The summed E-state index contributed by atoms with van der Waals surface area (Å²) in [6.07, 6.45) is 0.308. The molecule has 0 saturated heterocycles. The maximum absolute atomic E-state index is 16.4. The highest BCUT2D eigenvalue weighted by molar-refractivity contribution is 6.42. The van der Waals surface area contributed by atoms with Gasteiger partial charge in [0, 0.05) is 56.2 Å². The zero-order valence-electron chi connectivity index (χ0n) is 23.0. The topological polar surface area (TPSA) is 74.8 Å². The van der Waals surface area contributed by atoms with Gasteiger partial charge in [-0.05, 0) is 25.3 Å². The number of nitrogens with zero attached hydrogens (tertiary/aromatic N) is 2. The van der Waals surface area contributed by atoms with E-state index in [4.69, 9.17) is 0 Å². The van der Waals surface area contributed by atoms with Crippen LogP contribution in [0.4, 0.5) is 30.7 Å². The molecule has 2 heterocycles. The van der Waals surface area contributed by atoms with Crippen LogP contribution in [-0.4, -0.2) is 46.5 Å². The molecule has 0 fully saturated rings. The summed E-state index contributed by atoms with van der Waals surface area (Å²) in [5, 5.41) is -7.88. The van der Waals surface area contributed by atoms with Gasteiger partial charge in [0.1, 0.15) is 5.82 Å². The molecule has 0 saturated carbocycles. The molecule has 0 bridgehead atoms. The normalized spacial score (nSPS) is 15.0. The number of imide groups is 2. The van der Waals surface area contributed by atoms with E-state index in [1.54, 1.807) is 6.92 Å². The smallest absolute Gasteiger partial charge is 0.264 e. The predicted octanol–water partition coefficient (Wildman–Crippen LogP) is 7.03. The standard InChI is InChI=1S/C31H17F7N2O4/c1-4-6-39-28(41)9-8(3)21(32)14-11-10(9)18(29(39)42)25(36)23(34)16(11)17-12-13-19(26(37)22(33)15(12)14)30(43)40(7-5-2)31(44)20(13)27(38)24(17)35/h4-7H2,1-3H3. The van der Waals surface area contributed by atoms with Crippen LogP contribution >= 0.6 is 0 Å². The number of hydrogen-bond acceptors (Lipinski definition) is 4. The molecule has 0 aromatic heterocycles. The van der Waals surface area contributed by atoms with E-state index >= 15 is 30.7 Å². The molecule has 7 rings (SSSR count). The fourth-order valence-corrected chi connectivity index (χ4v) is 6.80. The molecule has 0 N–H and O–H groups in total. The Morgan fingerprint density at radius 2 is 0.705 bits per heavy atom. The van der Waals surface area contributed by atoms with Crippen LogP contribution in [0.3, 0.4) is 0 Å². The maximum atomic E-state index is 16.4. The largest absolute Gasteiger partial charge is 0.274 e. The predicted molar refractivity (Wildman–Crippen MR) is 143 cm³/mol. The summed E-state index contributed by atoms with van der Waals surface area (Å²) >= 11 is 0. The molecular formula is C31H17F7N2O4. The van der Waals surface area contributed by atoms with Crippen LogP contribution < -0.4 is 0 Å². The van der Waals surface area contributed by atoms with Crippen LogP contribution in [0, 0.1) is 47.6 Å². The molecule has 44 heavy (non-hydrogen) atoms. The van der Waals surface area contributed by atoms with Gasteiger partial charge in [-0.3, -0.25) is 29.0 Å². The van der Waals surface area contributed by atoms with Gasteiger partial charge in [-0.1, -0.05) is 13.8 Å². The van der Waals surface area contributed by atoms with Gasteiger partial charge in [-0.2, -0.15) is 0 Å². The summed E-state index contributed by atoms with van der Waals surface area (Å²) in [6.45, 7) is 3.53.